The Bertz CT molecular complexity index is 688. The van der Waals surface area contributed by atoms with Gasteiger partial charge in [-0.3, -0.25) is 9.47 Å². The first-order valence-electron chi connectivity index (χ1n) is 7.62. The number of hydrogen-bond acceptors (Lipinski definition) is 3. The molecule has 1 heterocycles. The second kappa shape index (κ2) is 7.16. The number of nitrogens with one attached hydrogen (secondary N) is 1. The number of rotatable bonds is 4. The molecule has 0 unspecified atom stereocenters. The third-order valence-corrected chi connectivity index (χ3v) is 3.59. The molecule has 0 aliphatic rings. The monoisotopic (exact) mass is 330 g/mol. The largest absolute Gasteiger partial charge is 0.465 e. The van der Waals surface area contributed by atoms with Gasteiger partial charge in [-0.05, 0) is 31.9 Å². The van der Waals surface area contributed by atoms with Gasteiger partial charge in [-0.2, -0.15) is 0 Å². The Kier molecular flexibility index (Phi) is 5.23. The number of aromatic nitrogens is 2. The molecule has 128 valence electrons. The van der Waals surface area contributed by atoms with E-state index in [1.54, 1.807) is 6.20 Å². The van der Waals surface area contributed by atoms with E-state index in [1.165, 1.54) is 22.0 Å². The standard InChI is InChI=1S/C17H22N4O3/c1-17(2,3)21(16(23)24)11-14-6-4-13(5-7-14)10-19-15(22)20-9-8-18-12-20/h4-9,12H,10-11H2,1-3H3,(H,19,22)(H,23,24). The summed E-state index contributed by atoms with van der Waals surface area (Å²) in [5, 5.41) is 12.1. The lowest BCUT2D eigenvalue weighted by Gasteiger charge is -2.33. The molecular formula is C17H22N4O3. The first kappa shape index (κ1) is 17.5. The highest BCUT2D eigenvalue weighted by molar-refractivity contribution is 5.76. The molecule has 0 spiro atoms. The molecule has 7 heteroatoms. The molecule has 0 saturated carbocycles. The lowest BCUT2D eigenvalue weighted by atomic mass is 10.0. The van der Waals surface area contributed by atoms with E-state index in [9.17, 15) is 14.7 Å². The fraction of sp³-hybridized carbons (Fsp3) is 0.353. The Labute approximate surface area is 140 Å². The second-order valence-corrected chi connectivity index (χ2v) is 6.48. The molecule has 2 rings (SSSR count). The van der Waals surface area contributed by atoms with Crippen LogP contribution in [0.3, 0.4) is 0 Å². The molecule has 2 aromatic rings. The van der Waals surface area contributed by atoms with Gasteiger partial charge in [0.05, 0.1) is 0 Å². The van der Waals surface area contributed by atoms with Crippen molar-refractivity contribution >= 4 is 12.1 Å². The Morgan fingerprint density at radius 3 is 2.33 bits per heavy atom. The zero-order valence-corrected chi connectivity index (χ0v) is 14.1. The van der Waals surface area contributed by atoms with E-state index in [0.717, 1.165) is 11.1 Å². The summed E-state index contributed by atoms with van der Waals surface area (Å²) in [7, 11) is 0. The van der Waals surface area contributed by atoms with Gasteiger partial charge in [0.25, 0.3) is 0 Å². The van der Waals surface area contributed by atoms with Crippen molar-refractivity contribution in [2.45, 2.75) is 39.4 Å². The van der Waals surface area contributed by atoms with Crippen molar-refractivity contribution in [1.82, 2.24) is 19.8 Å². The number of carbonyl (C=O) groups excluding carboxylic acids is 1. The Morgan fingerprint density at radius 2 is 1.83 bits per heavy atom. The maximum Gasteiger partial charge on any atom is 0.408 e. The van der Waals surface area contributed by atoms with Gasteiger partial charge in [-0.15, -0.1) is 0 Å². The Morgan fingerprint density at radius 1 is 1.21 bits per heavy atom. The summed E-state index contributed by atoms with van der Waals surface area (Å²) in [4.78, 5) is 28.4. The molecule has 7 nitrogen and oxygen atoms in total. The van der Waals surface area contributed by atoms with E-state index in [4.69, 9.17) is 0 Å². The summed E-state index contributed by atoms with van der Waals surface area (Å²) in [6.07, 6.45) is 3.61. The lowest BCUT2D eigenvalue weighted by Crippen LogP contribution is -2.44. The molecule has 0 atom stereocenters. The highest BCUT2D eigenvalue weighted by Gasteiger charge is 2.25. The van der Waals surface area contributed by atoms with Crippen molar-refractivity contribution in [2.24, 2.45) is 0 Å². The van der Waals surface area contributed by atoms with Crippen LogP contribution in [0.25, 0.3) is 0 Å². The minimum Gasteiger partial charge on any atom is -0.465 e. The van der Waals surface area contributed by atoms with E-state index in [2.05, 4.69) is 10.3 Å². The predicted octanol–water partition coefficient (Wildman–Crippen LogP) is 2.92. The number of carboxylic acid groups (broad SMARTS) is 1. The smallest absolute Gasteiger partial charge is 0.408 e. The van der Waals surface area contributed by atoms with Crippen molar-refractivity contribution in [3.8, 4) is 0 Å². The van der Waals surface area contributed by atoms with Crippen molar-refractivity contribution in [3.05, 3.63) is 54.1 Å². The second-order valence-electron chi connectivity index (χ2n) is 6.48. The minimum atomic E-state index is -0.945. The molecule has 0 aliphatic heterocycles. The van der Waals surface area contributed by atoms with Crippen LogP contribution in [0.5, 0.6) is 0 Å². The van der Waals surface area contributed by atoms with Gasteiger partial charge < -0.3 is 10.4 Å². The molecule has 0 bridgehead atoms. The number of amides is 2. The number of hydrogen-bond donors (Lipinski definition) is 2. The molecule has 0 aliphatic carbocycles. The predicted molar refractivity (Wildman–Crippen MR) is 89.6 cm³/mol. The summed E-state index contributed by atoms with van der Waals surface area (Å²) in [5.41, 5.74) is 1.37. The van der Waals surface area contributed by atoms with Crippen LogP contribution in [0.15, 0.2) is 43.0 Å². The summed E-state index contributed by atoms with van der Waals surface area (Å²) >= 11 is 0. The highest BCUT2D eigenvalue weighted by Crippen LogP contribution is 2.18. The van der Waals surface area contributed by atoms with Crippen LogP contribution >= 0.6 is 0 Å². The van der Waals surface area contributed by atoms with Crippen molar-refractivity contribution in [1.29, 1.82) is 0 Å². The fourth-order valence-corrected chi connectivity index (χ4v) is 2.19. The molecule has 0 saturated heterocycles. The SMILES string of the molecule is CC(C)(C)N(Cc1ccc(CNC(=O)n2ccnc2)cc1)C(=O)O. The van der Waals surface area contributed by atoms with Crippen LogP contribution in [-0.4, -0.2) is 37.2 Å². The zero-order valence-electron chi connectivity index (χ0n) is 14.1. The average Bonchev–Trinajstić information content (AvgIpc) is 3.04. The van der Waals surface area contributed by atoms with Gasteiger partial charge in [0.15, 0.2) is 0 Å². The topological polar surface area (TPSA) is 87.5 Å². The first-order valence-corrected chi connectivity index (χ1v) is 7.62. The van der Waals surface area contributed by atoms with Crippen LogP contribution in [0, 0.1) is 0 Å². The van der Waals surface area contributed by atoms with Crippen LogP contribution in [0.4, 0.5) is 9.59 Å². The molecule has 0 fully saturated rings. The lowest BCUT2D eigenvalue weighted by molar-refractivity contribution is 0.0955. The van der Waals surface area contributed by atoms with Gasteiger partial charge >= 0.3 is 12.1 Å². The number of benzene rings is 1. The van der Waals surface area contributed by atoms with Gasteiger partial charge in [-0.1, -0.05) is 24.3 Å². The van der Waals surface area contributed by atoms with Gasteiger partial charge in [0.2, 0.25) is 0 Å². The van der Waals surface area contributed by atoms with E-state index in [0.29, 0.717) is 13.1 Å². The van der Waals surface area contributed by atoms with Gasteiger partial charge in [0, 0.05) is 31.0 Å². The molecule has 0 radical (unpaired) electrons. The molecular weight excluding hydrogens is 308 g/mol. The summed E-state index contributed by atoms with van der Waals surface area (Å²) < 4.78 is 1.36. The minimum absolute atomic E-state index is 0.249. The van der Waals surface area contributed by atoms with Crippen molar-refractivity contribution in [2.75, 3.05) is 0 Å². The van der Waals surface area contributed by atoms with Crippen molar-refractivity contribution in [3.63, 3.8) is 0 Å². The van der Waals surface area contributed by atoms with Gasteiger partial charge in [-0.25, -0.2) is 14.6 Å². The number of nitrogens with zero attached hydrogens (tertiary/aromatic N) is 3. The number of carbonyl (C=O) groups is 2. The summed E-state index contributed by atoms with van der Waals surface area (Å²) in [5.74, 6) is 0. The summed E-state index contributed by atoms with van der Waals surface area (Å²) in [6, 6.07) is 7.26. The molecule has 1 aromatic carbocycles. The highest BCUT2D eigenvalue weighted by atomic mass is 16.4. The maximum absolute atomic E-state index is 11.8. The van der Waals surface area contributed by atoms with Crippen LogP contribution in [0.2, 0.25) is 0 Å². The number of imidazole rings is 1. The molecule has 2 amide bonds. The molecule has 2 N–H and O–H groups in total. The van der Waals surface area contributed by atoms with Crippen molar-refractivity contribution < 1.29 is 14.7 Å². The molecule has 1 aromatic heterocycles. The van der Waals surface area contributed by atoms with E-state index >= 15 is 0 Å². The van der Waals surface area contributed by atoms with Gasteiger partial charge in [0.1, 0.15) is 6.33 Å². The quantitative estimate of drug-likeness (QED) is 0.902. The van der Waals surface area contributed by atoms with Crippen LogP contribution in [0.1, 0.15) is 31.9 Å². The Balaban J connectivity index is 1.95. The molecule has 24 heavy (non-hydrogen) atoms. The fourth-order valence-electron chi connectivity index (χ4n) is 2.19. The third kappa shape index (κ3) is 4.58. The normalized spacial score (nSPS) is 11.1. The van der Waals surface area contributed by atoms with E-state index in [1.807, 2.05) is 45.0 Å². The maximum atomic E-state index is 11.8. The van der Waals surface area contributed by atoms with Crippen LogP contribution < -0.4 is 5.32 Å². The third-order valence-electron chi connectivity index (χ3n) is 3.59. The first-order chi connectivity index (χ1) is 11.3. The zero-order chi connectivity index (χ0) is 17.7. The average molecular weight is 330 g/mol. The Hall–Kier alpha value is -2.83. The van der Waals surface area contributed by atoms with E-state index < -0.39 is 11.6 Å². The van der Waals surface area contributed by atoms with E-state index in [-0.39, 0.29) is 6.03 Å². The summed E-state index contributed by atoms with van der Waals surface area (Å²) in [6.45, 7) is 6.29. The van der Waals surface area contributed by atoms with Crippen LogP contribution in [-0.2, 0) is 13.1 Å².